The second-order valence-electron chi connectivity index (χ2n) is 5.35. The average molecular weight is 322 g/mol. The summed E-state index contributed by atoms with van der Waals surface area (Å²) in [4.78, 5) is 36.6. The Kier molecular flexibility index (Phi) is 7.21. The molecule has 23 heavy (non-hydrogen) atoms. The average Bonchev–Trinajstić information content (AvgIpc) is 2.51. The molecule has 0 bridgehead atoms. The van der Waals surface area contributed by atoms with Gasteiger partial charge in [-0.15, -0.1) is 0 Å². The van der Waals surface area contributed by atoms with E-state index in [1.165, 1.54) is 12.0 Å². The maximum atomic E-state index is 12.3. The zero-order valence-corrected chi connectivity index (χ0v) is 13.5. The molecule has 1 amide bonds. The van der Waals surface area contributed by atoms with E-state index in [0.29, 0.717) is 0 Å². The predicted octanol–water partition coefficient (Wildman–Crippen LogP) is 0.292. The van der Waals surface area contributed by atoms with E-state index in [1.54, 1.807) is 14.1 Å². The molecule has 1 rings (SSSR count). The molecule has 7 nitrogen and oxygen atoms in total. The largest absolute Gasteiger partial charge is 0.481 e. The van der Waals surface area contributed by atoms with E-state index in [0.717, 1.165) is 5.56 Å². The zero-order chi connectivity index (χ0) is 17.4. The summed E-state index contributed by atoms with van der Waals surface area (Å²) in [6, 6.07) is 7.45. The first kappa shape index (κ1) is 18.6. The maximum Gasteiger partial charge on any atom is 0.328 e. The molecule has 0 aliphatic carbocycles. The van der Waals surface area contributed by atoms with Crippen LogP contribution in [0.15, 0.2) is 30.3 Å². The van der Waals surface area contributed by atoms with Crippen molar-refractivity contribution in [3.8, 4) is 0 Å². The number of hydrogen-bond donors (Lipinski definition) is 2. The Hall–Kier alpha value is -2.41. The lowest BCUT2D eigenvalue weighted by Crippen LogP contribution is -2.51. The van der Waals surface area contributed by atoms with Crippen LogP contribution in [-0.2, 0) is 25.5 Å². The number of ether oxygens (including phenoxy) is 1. The summed E-state index contributed by atoms with van der Waals surface area (Å²) in [6.07, 6.45) is -0.0788. The van der Waals surface area contributed by atoms with Crippen molar-refractivity contribution in [3.05, 3.63) is 35.9 Å². The van der Waals surface area contributed by atoms with Crippen LogP contribution in [0.25, 0.3) is 0 Å². The lowest BCUT2D eigenvalue weighted by Gasteiger charge is -2.24. The minimum absolute atomic E-state index is 0.270. The molecule has 0 heterocycles. The van der Waals surface area contributed by atoms with Crippen LogP contribution in [0.2, 0.25) is 0 Å². The van der Waals surface area contributed by atoms with Gasteiger partial charge >= 0.3 is 11.9 Å². The molecule has 0 spiro atoms. The fourth-order valence-corrected chi connectivity index (χ4v) is 2.13. The van der Waals surface area contributed by atoms with Crippen LogP contribution in [0.5, 0.6) is 0 Å². The number of amides is 1. The first-order valence-corrected chi connectivity index (χ1v) is 7.15. The molecular weight excluding hydrogens is 300 g/mol. The molecule has 2 N–H and O–H groups in total. The van der Waals surface area contributed by atoms with Gasteiger partial charge in [0.1, 0.15) is 6.04 Å². The third-order valence-corrected chi connectivity index (χ3v) is 3.38. The fourth-order valence-electron chi connectivity index (χ4n) is 2.13. The Labute approximate surface area is 135 Å². The van der Waals surface area contributed by atoms with E-state index < -0.39 is 29.9 Å². The number of aliphatic carboxylic acids is 1. The van der Waals surface area contributed by atoms with E-state index in [1.807, 2.05) is 30.3 Å². The molecule has 0 aliphatic heterocycles. The number of likely N-dealkylation sites (N-methyl/N-ethyl adjacent to an activating group) is 1. The minimum Gasteiger partial charge on any atom is -0.481 e. The van der Waals surface area contributed by atoms with Gasteiger partial charge in [0.15, 0.2) is 0 Å². The number of carboxylic acids is 1. The van der Waals surface area contributed by atoms with Crippen molar-refractivity contribution in [2.75, 3.05) is 21.2 Å². The number of carbonyl (C=O) groups is 3. The van der Waals surface area contributed by atoms with Crippen LogP contribution in [0.3, 0.4) is 0 Å². The number of nitrogens with one attached hydrogen (secondary N) is 1. The lowest BCUT2D eigenvalue weighted by molar-refractivity contribution is -0.146. The topological polar surface area (TPSA) is 95.9 Å². The van der Waals surface area contributed by atoms with Crippen LogP contribution in [0.1, 0.15) is 12.0 Å². The van der Waals surface area contributed by atoms with Gasteiger partial charge in [-0.05, 0) is 19.7 Å². The number of rotatable bonds is 8. The number of methoxy groups -OCH3 is 1. The van der Waals surface area contributed by atoms with Crippen molar-refractivity contribution >= 4 is 17.8 Å². The molecule has 0 saturated carbocycles. The molecule has 7 heteroatoms. The van der Waals surface area contributed by atoms with E-state index in [4.69, 9.17) is 9.84 Å². The van der Waals surface area contributed by atoms with Gasteiger partial charge in [-0.1, -0.05) is 30.3 Å². The third-order valence-electron chi connectivity index (χ3n) is 3.38. The molecular formula is C16H22N2O5. The smallest absolute Gasteiger partial charge is 0.328 e. The number of esters is 1. The third kappa shape index (κ3) is 6.07. The Morgan fingerprint density at radius 1 is 1.22 bits per heavy atom. The highest BCUT2D eigenvalue weighted by molar-refractivity contribution is 5.90. The Balaban J connectivity index is 2.85. The Morgan fingerprint density at radius 2 is 1.83 bits per heavy atom. The van der Waals surface area contributed by atoms with Gasteiger partial charge in [0.25, 0.3) is 0 Å². The van der Waals surface area contributed by atoms with Gasteiger partial charge in [0.2, 0.25) is 5.91 Å². The highest BCUT2D eigenvalue weighted by Crippen LogP contribution is 2.07. The lowest BCUT2D eigenvalue weighted by atomic mass is 10.0. The van der Waals surface area contributed by atoms with Gasteiger partial charge in [-0.3, -0.25) is 14.5 Å². The highest BCUT2D eigenvalue weighted by Gasteiger charge is 2.29. The fraction of sp³-hybridized carbons (Fsp3) is 0.438. The van der Waals surface area contributed by atoms with E-state index >= 15 is 0 Å². The van der Waals surface area contributed by atoms with Crippen LogP contribution in [-0.4, -0.2) is 61.1 Å². The van der Waals surface area contributed by atoms with E-state index in [2.05, 4.69) is 5.32 Å². The minimum atomic E-state index is -1.09. The Bertz CT molecular complexity index is 545. The molecule has 0 unspecified atom stereocenters. The molecule has 0 aromatic heterocycles. The molecule has 0 radical (unpaired) electrons. The number of hydrogen-bond acceptors (Lipinski definition) is 5. The van der Waals surface area contributed by atoms with Crippen molar-refractivity contribution in [1.82, 2.24) is 10.2 Å². The van der Waals surface area contributed by atoms with E-state index in [-0.39, 0.29) is 12.8 Å². The van der Waals surface area contributed by atoms with Crippen LogP contribution < -0.4 is 5.32 Å². The summed E-state index contributed by atoms with van der Waals surface area (Å²) < 4.78 is 4.72. The monoisotopic (exact) mass is 322 g/mol. The molecule has 0 fully saturated rings. The summed E-state index contributed by atoms with van der Waals surface area (Å²) >= 11 is 0. The predicted molar refractivity (Wildman–Crippen MR) is 83.8 cm³/mol. The zero-order valence-electron chi connectivity index (χ0n) is 13.5. The summed E-state index contributed by atoms with van der Waals surface area (Å²) in [5, 5.41) is 11.5. The number of benzene rings is 1. The number of carboxylic acid groups (broad SMARTS) is 1. The normalized spacial score (nSPS) is 13.2. The van der Waals surface area contributed by atoms with Crippen LogP contribution in [0, 0.1) is 0 Å². The number of carbonyl (C=O) groups excluding carboxylic acids is 2. The molecule has 0 saturated heterocycles. The van der Waals surface area contributed by atoms with Crippen LogP contribution >= 0.6 is 0 Å². The maximum absolute atomic E-state index is 12.3. The van der Waals surface area contributed by atoms with Gasteiger partial charge in [-0.2, -0.15) is 0 Å². The quantitative estimate of drug-likeness (QED) is 0.668. The van der Waals surface area contributed by atoms with Crippen molar-refractivity contribution < 1.29 is 24.2 Å². The second kappa shape index (κ2) is 8.89. The van der Waals surface area contributed by atoms with Crippen molar-refractivity contribution in [2.45, 2.75) is 24.9 Å². The van der Waals surface area contributed by atoms with Crippen molar-refractivity contribution in [1.29, 1.82) is 0 Å². The summed E-state index contributed by atoms with van der Waals surface area (Å²) in [5.41, 5.74) is 0.864. The van der Waals surface area contributed by atoms with Gasteiger partial charge in [-0.25, -0.2) is 4.79 Å². The second-order valence-corrected chi connectivity index (χ2v) is 5.35. The SMILES string of the molecule is COC(=O)[C@H](Cc1ccccc1)NC(=O)[C@H](CC(=O)O)N(C)C. The summed E-state index contributed by atoms with van der Waals surface area (Å²) in [7, 11) is 4.46. The summed E-state index contributed by atoms with van der Waals surface area (Å²) in [6.45, 7) is 0. The van der Waals surface area contributed by atoms with E-state index in [9.17, 15) is 14.4 Å². The van der Waals surface area contributed by atoms with Gasteiger partial charge in [0, 0.05) is 6.42 Å². The number of nitrogens with zero attached hydrogens (tertiary/aromatic N) is 1. The molecule has 1 aromatic carbocycles. The molecule has 0 aliphatic rings. The van der Waals surface area contributed by atoms with Crippen molar-refractivity contribution in [2.24, 2.45) is 0 Å². The standard InChI is InChI=1S/C16H22N2O5/c1-18(2)13(10-14(19)20)15(21)17-12(16(22)23-3)9-11-7-5-4-6-8-11/h4-8,12-13H,9-10H2,1-3H3,(H,17,21)(H,19,20)/t12-,13-/m0/s1. The van der Waals surface area contributed by atoms with Crippen molar-refractivity contribution in [3.63, 3.8) is 0 Å². The first-order chi connectivity index (χ1) is 10.8. The molecule has 126 valence electrons. The van der Waals surface area contributed by atoms with Gasteiger partial charge in [0.05, 0.1) is 19.6 Å². The Morgan fingerprint density at radius 3 is 2.30 bits per heavy atom. The van der Waals surface area contributed by atoms with Crippen LogP contribution in [0.4, 0.5) is 0 Å². The van der Waals surface area contributed by atoms with Gasteiger partial charge < -0.3 is 15.2 Å². The summed E-state index contributed by atoms with van der Waals surface area (Å²) in [5.74, 6) is -2.18. The highest BCUT2D eigenvalue weighted by atomic mass is 16.5. The molecule has 2 atom stereocenters. The molecule has 1 aromatic rings. The first-order valence-electron chi connectivity index (χ1n) is 7.15.